The average Bonchev–Trinajstić information content (AvgIpc) is 2.48. The zero-order valence-corrected chi connectivity index (χ0v) is 8.35. The van der Waals surface area contributed by atoms with Crippen LogP contribution in [-0.2, 0) is 6.54 Å². The molecule has 0 bridgehead atoms. The molecule has 6 nitrogen and oxygen atoms in total. The molecule has 1 aromatic heterocycles. The Morgan fingerprint density at radius 2 is 2.43 bits per heavy atom. The number of anilines is 1. The molecule has 0 saturated heterocycles. The van der Waals surface area contributed by atoms with Gasteiger partial charge >= 0.3 is 0 Å². The Morgan fingerprint density at radius 3 is 2.93 bits per heavy atom. The first kappa shape index (κ1) is 11.3. The fraction of sp³-hybridized carbons (Fsp3) is 0.571. The lowest BCUT2D eigenvalue weighted by atomic mass is 10.4. The maximum Gasteiger partial charge on any atom is 0.142 e. The number of aromatic nitrogens is 2. The van der Waals surface area contributed by atoms with E-state index in [9.17, 15) is 10.3 Å². The summed E-state index contributed by atoms with van der Waals surface area (Å²) in [6.45, 7) is 1.79. The van der Waals surface area contributed by atoms with Crippen molar-refractivity contribution in [2.24, 2.45) is 0 Å². The maximum absolute atomic E-state index is 10.6. The average molecular weight is 221 g/mol. The van der Waals surface area contributed by atoms with E-state index in [4.69, 9.17) is 16.8 Å². The summed E-state index contributed by atoms with van der Waals surface area (Å²) in [5.41, 5.74) is 0. The van der Waals surface area contributed by atoms with E-state index < -0.39 is 6.10 Å². The van der Waals surface area contributed by atoms with Crippen molar-refractivity contribution in [1.82, 2.24) is 9.55 Å². The second-order valence-electron chi connectivity index (χ2n) is 2.86. The van der Waals surface area contributed by atoms with Gasteiger partial charge in [-0.15, -0.1) is 11.6 Å². The molecule has 0 aliphatic heterocycles. The molecule has 0 aliphatic rings. The first-order chi connectivity index (χ1) is 6.56. The van der Waals surface area contributed by atoms with E-state index in [1.807, 2.05) is 0 Å². The van der Waals surface area contributed by atoms with E-state index in [0.717, 1.165) is 0 Å². The van der Waals surface area contributed by atoms with E-state index >= 15 is 0 Å². The molecule has 1 unspecified atom stereocenters. The van der Waals surface area contributed by atoms with Gasteiger partial charge in [0, 0.05) is 0 Å². The Bertz CT molecular complexity index is 302. The third kappa shape index (κ3) is 2.36. The van der Waals surface area contributed by atoms with Gasteiger partial charge in [0.15, 0.2) is 0 Å². The van der Waals surface area contributed by atoms with Crippen molar-refractivity contribution in [1.29, 1.82) is 0 Å². The first-order valence-electron chi connectivity index (χ1n) is 3.98. The number of aryl methyl sites for hydroxylation is 1. The van der Waals surface area contributed by atoms with Crippen LogP contribution in [0.15, 0.2) is 6.20 Å². The number of rotatable bonds is 4. The van der Waals surface area contributed by atoms with E-state index in [1.54, 1.807) is 6.92 Å². The lowest BCUT2D eigenvalue weighted by Crippen LogP contribution is -2.22. The quantitative estimate of drug-likeness (QED) is 0.570. The van der Waals surface area contributed by atoms with Gasteiger partial charge in [-0.05, 0) is 6.92 Å². The second kappa shape index (κ2) is 4.61. The minimum Gasteiger partial charge on any atom is -0.732 e. The van der Waals surface area contributed by atoms with Gasteiger partial charge in [-0.1, -0.05) is 0 Å². The zero-order chi connectivity index (χ0) is 10.7. The van der Waals surface area contributed by atoms with Crippen LogP contribution in [0.25, 0.3) is 0 Å². The van der Waals surface area contributed by atoms with Crippen LogP contribution in [0.2, 0.25) is 0 Å². The number of alkyl halides is 1. The minimum absolute atomic E-state index is 0.0216. The summed E-state index contributed by atoms with van der Waals surface area (Å²) < 4.78 is 1.39. The summed E-state index contributed by atoms with van der Waals surface area (Å²) in [4.78, 5) is 3.83. The Morgan fingerprint density at radius 1 is 1.79 bits per heavy atom. The normalized spacial score (nSPS) is 12.9. The molecule has 0 fully saturated rings. The highest BCUT2D eigenvalue weighted by Crippen LogP contribution is 2.14. The molecule has 0 spiro atoms. The number of aliphatic hydroxyl groups excluding tert-OH is 1. The van der Waals surface area contributed by atoms with Gasteiger partial charge < -0.3 is 20.1 Å². The van der Waals surface area contributed by atoms with E-state index in [2.05, 4.69) is 4.98 Å². The highest BCUT2D eigenvalue weighted by molar-refractivity contribution is 6.18. The minimum atomic E-state index is -0.775. The van der Waals surface area contributed by atoms with Gasteiger partial charge in [-0.2, -0.15) is 0 Å². The van der Waals surface area contributed by atoms with Crippen LogP contribution >= 0.6 is 11.6 Å². The molecular weight excluding hydrogens is 210 g/mol. The fourth-order valence-electron chi connectivity index (χ4n) is 1.09. The highest BCUT2D eigenvalue weighted by Gasteiger charge is 2.11. The van der Waals surface area contributed by atoms with Crippen molar-refractivity contribution in [2.45, 2.75) is 19.6 Å². The highest BCUT2D eigenvalue weighted by atomic mass is 35.5. The van der Waals surface area contributed by atoms with Crippen molar-refractivity contribution in [3.63, 3.8) is 0 Å². The van der Waals surface area contributed by atoms with Gasteiger partial charge in [-0.25, -0.2) is 4.98 Å². The molecule has 0 saturated carbocycles. The van der Waals surface area contributed by atoms with Gasteiger partial charge in [0.25, 0.3) is 0 Å². The van der Waals surface area contributed by atoms with E-state index in [-0.39, 0.29) is 23.5 Å². The summed E-state index contributed by atoms with van der Waals surface area (Å²) in [5.74, 6) is 0.562. The van der Waals surface area contributed by atoms with Crippen LogP contribution in [-0.4, -0.2) is 31.8 Å². The van der Waals surface area contributed by atoms with Crippen LogP contribution in [0, 0.1) is 12.1 Å². The zero-order valence-electron chi connectivity index (χ0n) is 7.59. The molecule has 1 atom stereocenters. The Labute approximate surface area is 85.9 Å². The van der Waals surface area contributed by atoms with Crippen molar-refractivity contribution in [2.75, 3.05) is 11.1 Å². The van der Waals surface area contributed by atoms with Crippen LogP contribution in [0.5, 0.6) is 0 Å². The SMILES string of the molecule is Cc1ncc(N([O-])O)n1CC(O)CCl. The van der Waals surface area contributed by atoms with Crippen molar-refractivity contribution < 1.29 is 10.3 Å². The monoisotopic (exact) mass is 220 g/mol. The van der Waals surface area contributed by atoms with Crippen LogP contribution in [0.3, 0.4) is 0 Å². The summed E-state index contributed by atoms with van der Waals surface area (Å²) >= 11 is 5.42. The number of imidazole rings is 1. The van der Waals surface area contributed by atoms with Gasteiger partial charge in [0.05, 0.1) is 24.7 Å². The molecule has 14 heavy (non-hydrogen) atoms. The summed E-state index contributed by atoms with van der Waals surface area (Å²) in [5, 5.41) is 28.3. The topological polar surface area (TPSA) is 84.6 Å². The van der Waals surface area contributed by atoms with Crippen molar-refractivity contribution in [3.05, 3.63) is 17.2 Å². The summed E-state index contributed by atoms with van der Waals surface area (Å²) in [7, 11) is 0. The molecule has 1 heterocycles. The molecule has 0 aliphatic carbocycles. The first-order valence-corrected chi connectivity index (χ1v) is 4.52. The standard InChI is InChI=1S/C7H11ClN3O3/c1-5-9-3-7(11(13)14)10(5)4-6(12)2-8/h3,6,12-13H,2,4H2,1H3/q-1. The van der Waals surface area contributed by atoms with E-state index in [0.29, 0.717) is 5.82 Å². The van der Waals surface area contributed by atoms with Gasteiger partial charge in [-0.3, -0.25) is 5.21 Å². The number of hydrogen-bond acceptors (Lipinski definition) is 5. The van der Waals surface area contributed by atoms with Crippen molar-refractivity contribution in [3.8, 4) is 0 Å². The second-order valence-corrected chi connectivity index (χ2v) is 3.16. The lowest BCUT2D eigenvalue weighted by Gasteiger charge is -2.23. The van der Waals surface area contributed by atoms with Crippen LogP contribution < -0.4 is 5.23 Å². The number of aliphatic hydroxyl groups is 1. The summed E-state index contributed by atoms with van der Waals surface area (Å²) in [6, 6.07) is 0. The number of halogens is 1. The predicted molar refractivity (Wildman–Crippen MR) is 51.3 cm³/mol. The fourth-order valence-corrected chi connectivity index (χ4v) is 1.19. The van der Waals surface area contributed by atoms with E-state index in [1.165, 1.54) is 10.8 Å². The predicted octanol–water partition coefficient (Wildman–Crippen LogP) is 0.485. The van der Waals surface area contributed by atoms with Crippen LogP contribution in [0.4, 0.5) is 5.82 Å². The molecule has 2 N–H and O–H groups in total. The third-order valence-electron chi connectivity index (χ3n) is 1.80. The van der Waals surface area contributed by atoms with Crippen molar-refractivity contribution >= 4 is 17.4 Å². The Kier molecular flexibility index (Phi) is 3.70. The molecule has 80 valence electrons. The molecule has 0 radical (unpaired) electrons. The largest absolute Gasteiger partial charge is 0.732 e. The lowest BCUT2D eigenvalue weighted by molar-refractivity contribution is 0.174. The molecular formula is C7H11ClN3O3-. The Balaban J connectivity index is 2.88. The van der Waals surface area contributed by atoms with Gasteiger partial charge in [0.2, 0.25) is 0 Å². The number of hydrogen-bond donors (Lipinski definition) is 2. The molecule has 1 aromatic rings. The smallest absolute Gasteiger partial charge is 0.142 e. The Hall–Kier alpha value is -0.820. The third-order valence-corrected chi connectivity index (χ3v) is 2.16. The van der Waals surface area contributed by atoms with Gasteiger partial charge in [0.1, 0.15) is 11.6 Å². The molecule has 7 heteroatoms. The molecule has 0 amide bonds. The maximum atomic E-state index is 10.6. The van der Waals surface area contributed by atoms with Crippen LogP contribution in [0.1, 0.15) is 5.82 Å². The number of nitrogens with zero attached hydrogens (tertiary/aromatic N) is 3. The molecule has 0 aromatic carbocycles. The molecule has 1 rings (SSSR count). The summed E-state index contributed by atoms with van der Waals surface area (Å²) in [6.07, 6.45) is 0.451.